The van der Waals surface area contributed by atoms with Crippen LogP contribution in [-0.4, -0.2) is 16.6 Å². The molecule has 82 valence electrons. The van der Waals surface area contributed by atoms with E-state index in [2.05, 4.69) is 0 Å². The molecule has 0 amide bonds. The SMILES string of the molecule is Cc1c(C#N)cc([N+](=O)[O-])cc1C(=O)CCl. The van der Waals surface area contributed by atoms with Gasteiger partial charge >= 0.3 is 0 Å². The molecule has 0 bridgehead atoms. The molecule has 0 aliphatic rings. The minimum atomic E-state index is -0.648. The molecule has 0 unspecified atom stereocenters. The normalized spacial score (nSPS) is 9.56. The molecule has 0 spiro atoms. The molecule has 0 heterocycles. The van der Waals surface area contributed by atoms with Crippen LogP contribution in [0, 0.1) is 28.4 Å². The minimum Gasteiger partial charge on any atom is -0.293 e. The largest absolute Gasteiger partial charge is 0.293 e. The third-order valence-electron chi connectivity index (χ3n) is 2.15. The maximum absolute atomic E-state index is 11.4. The topological polar surface area (TPSA) is 84.0 Å². The van der Waals surface area contributed by atoms with E-state index in [4.69, 9.17) is 16.9 Å². The lowest BCUT2D eigenvalue weighted by atomic mass is 9.99. The van der Waals surface area contributed by atoms with Crippen molar-refractivity contribution >= 4 is 23.1 Å². The highest BCUT2D eigenvalue weighted by molar-refractivity contribution is 6.30. The molecule has 1 aromatic carbocycles. The number of benzene rings is 1. The zero-order valence-corrected chi connectivity index (χ0v) is 9.11. The summed E-state index contributed by atoms with van der Waals surface area (Å²) < 4.78 is 0. The summed E-state index contributed by atoms with van der Waals surface area (Å²) in [5.41, 5.74) is 0.373. The quantitative estimate of drug-likeness (QED) is 0.350. The summed E-state index contributed by atoms with van der Waals surface area (Å²) in [5, 5.41) is 19.4. The Morgan fingerprint density at radius 2 is 2.25 bits per heavy atom. The average molecular weight is 239 g/mol. The molecule has 5 nitrogen and oxygen atoms in total. The van der Waals surface area contributed by atoms with E-state index in [1.165, 1.54) is 0 Å². The van der Waals surface area contributed by atoms with E-state index in [1.54, 1.807) is 6.92 Å². The predicted octanol–water partition coefficient (Wildman–Crippen LogP) is 2.20. The number of hydrogen-bond donors (Lipinski definition) is 0. The summed E-state index contributed by atoms with van der Waals surface area (Å²) in [4.78, 5) is 21.4. The fourth-order valence-corrected chi connectivity index (χ4v) is 1.43. The van der Waals surface area contributed by atoms with Crippen LogP contribution in [0.2, 0.25) is 0 Å². The van der Waals surface area contributed by atoms with Crippen LogP contribution in [0.5, 0.6) is 0 Å². The van der Waals surface area contributed by atoms with E-state index in [1.807, 2.05) is 6.07 Å². The third-order valence-corrected chi connectivity index (χ3v) is 2.39. The van der Waals surface area contributed by atoms with Gasteiger partial charge in [-0.3, -0.25) is 14.9 Å². The van der Waals surface area contributed by atoms with Crippen molar-refractivity contribution in [1.29, 1.82) is 5.26 Å². The number of rotatable bonds is 3. The van der Waals surface area contributed by atoms with Gasteiger partial charge in [0.15, 0.2) is 5.78 Å². The van der Waals surface area contributed by atoms with Crippen LogP contribution in [0.3, 0.4) is 0 Å². The molecule has 0 aliphatic carbocycles. The van der Waals surface area contributed by atoms with Crippen LogP contribution in [0.25, 0.3) is 0 Å². The van der Waals surface area contributed by atoms with Crippen molar-refractivity contribution in [2.75, 3.05) is 5.88 Å². The van der Waals surface area contributed by atoms with Crippen LogP contribution in [0.4, 0.5) is 5.69 Å². The first-order chi connectivity index (χ1) is 7.51. The molecule has 0 fully saturated rings. The van der Waals surface area contributed by atoms with E-state index in [9.17, 15) is 14.9 Å². The number of carbonyl (C=O) groups excluding carboxylic acids is 1. The zero-order valence-electron chi connectivity index (χ0n) is 8.36. The van der Waals surface area contributed by atoms with Crippen LogP contribution in [-0.2, 0) is 0 Å². The Morgan fingerprint density at radius 3 is 2.69 bits per heavy atom. The summed E-state index contributed by atoms with van der Waals surface area (Å²) in [6.07, 6.45) is 0. The highest BCUT2D eigenvalue weighted by Crippen LogP contribution is 2.22. The Bertz CT molecular complexity index is 506. The van der Waals surface area contributed by atoms with Crippen molar-refractivity contribution in [2.24, 2.45) is 0 Å². The number of nitriles is 1. The van der Waals surface area contributed by atoms with Gasteiger partial charge in [0.1, 0.15) is 0 Å². The molecule has 0 saturated carbocycles. The van der Waals surface area contributed by atoms with Crippen molar-refractivity contribution in [3.63, 3.8) is 0 Å². The molecular weight excluding hydrogens is 232 g/mol. The molecule has 0 aliphatic heterocycles. The number of alkyl halides is 1. The highest BCUT2D eigenvalue weighted by atomic mass is 35.5. The number of nitro groups is 1. The molecule has 6 heteroatoms. The maximum Gasteiger partial charge on any atom is 0.271 e. The standard InChI is InChI=1S/C10H7ClN2O3/c1-6-7(5-12)2-8(13(15)16)3-9(6)10(14)4-11/h2-3H,4H2,1H3. The lowest BCUT2D eigenvalue weighted by Crippen LogP contribution is -2.06. The molecule has 16 heavy (non-hydrogen) atoms. The second-order valence-corrected chi connectivity index (χ2v) is 3.36. The molecule has 1 aromatic rings. The van der Waals surface area contributed by atoms with E-state index in [0.717, 1.165) is 12.1 Å². The summed E-state index contributed by atoms with van der Waals surface area (Å²) in [5.74, 6) is -0.702. The fourth-order valence-electron chi connectivity index (χ4n) is 1.28. The average Bonchev–Trinajstić information content (AvgIpc) is 2.28. The number of carbonyl (C=O) groups is 1. The Labute approximate surface area is 96.4 Å². The number of non-ortho nitro benzene ring substituents is 1. The van der Waals surface area contributed by atoms with Crippen molar-refractivity contribution in [3.05, 3.63) is 38.9 Å². The van der Waals surface area contributed by atoms with Crippen LogP contribution in [0.15, 0.2) is 12.1 Å². The van der Waals surface area contributed by atoms with Gasteiger partial charge < -0.3 is 0 Å². The first-order valence-electron chi connectivity index (χ1n) is 4.29. The van der Waals surface area contributed by atoms with Crippen LogP contribution < -0.4 is 0 Å². The minimum absolute atomic E-state index is 0.114. The smallest absolute Gasteiger partial charge is 0.271 e. The van der Waals surface area contributed by atoms with Crippen molar-refractivity contribution < 1.29 is 9.72 Å². The first-order valence-corrected chi connectivity index (χ1v) is 4.83. The summed E-state index contributed by atoms with van der Waals surface area (Å²) in [6.45, 7) is 1.56. The van der Waals surface area contributed by atoms with E-state index >= 15 is 0 Å². The molecule has 0 saturated heterocycles. The summed E-state index contributed by atoms with van der Waals surface area (Å²) >= 11 is 5.38. The summed E-state index contributed by atoms with van der Waals surface area (Å²) in [7, 11) is 0. The molecular formula is C10H7ClN2O3. The Balaban J connectivity index is 3.49. The van der Waals surface area contributed by atoms with E-state index < -0.39 is 10.7 Å². The second kappa shape index (κ2) is 4.73. The monoisotopic (exact) mass is 238 g/mol. The molecule has 0 atom stereocenters. The number of nitrogens with zero attached hydrogens (tertiary/aromatic N) is 2. The molecule has 0 radical (unpaired) electrons. The summed E-state index contributed by atoms with van der Waals surface area (Å²) in [6, 6.07) is 4.09. The van der Waals surface area contributed by atoms with Gasteiger partial charge in [0, 0.05) is 17.7 Å². The van der Waals surface area contributed by atoms with Gasteiger partial charge in [-0.15, -0.1) is 11.6 Å². The van der Waals surface area contributed by atoms with Gasteiger partial charge in [-0.05, 0) is 12.5 Å². The predicted molar refractivity (Wildman–Crippen MR) is 57.6 cm³/mol. The van der Waals surface area contributed by atoms with Crippen molar-refractivity contribution in [2.45, 2.75) is 6.92 Å². The van der Waals surface area contributed by atoms with Crippen LogP contribution >= 0.6 is 11.6 Å². The zero-order chi connectivity index (χ0) is 12.3. The van der Waals surface area contributed by atoms with E-state index in [-0.39, 0.29) is 22.7 Å². The molecule has 1 rings (SSSR count). The van der Waals surface area contributed by atoms with E-state index in [0.29, 0.717) is 5.56 Å². The molecule has 0 aromatic heterocycles. The van der Waals surface area contributed by atoms with Gasteiger partial charge in [-0.2, -0.15) is 5.26 Å². The second-order valence-electron chi connectivity index (χ2n) is 3.09. The van der Waals surface area contributed by atoms with Gasteiger partial charge in [-0.1, -0.05) is 0 Å². The molecule has 0 N–H and O–H groups in total. The number of nitro benzene ring substituents is 1. The van der Waals surface area contributed by atoms with Crippen LogP contribution in [0.1, 0.15) is 21.5 Å². The Morgan fingerprint density at radius 1 is 1.62 bits per heavy atom. The lowest BCUT2D eigenvalue weighted by molar-refractivity contribution is -0.384. The van der Waals surface area contributed by atoms with Crippen molar-refractivity contribution in [3.8, 4) is 6.07 Å². The highest BCUT2D eigenvalue weighted by Gasteiger charge is 2.17. The third kappa shape index (κ3) is 2.18. The Kier molecular flexibility index (Phi) is 3.59. The first kappa shape index (κ1) is 12.1. The van der Waals surface area contributed by atoms with Gasteiger partial charge in [0.2, 0.25) is 0 Å². The number of halogens is 1. The van der Waals surface area contributed by atoms with Crippen molar-refractivity contribution in [1.82, 2.24) is 0 Å². The lowest BCUT2D eigenvalue weighted by Gasteiger charge is -2.04. The number of ketones is 1. The van der Waals surface area contributed by atoms with Gasteiger partial charge in [-0.25, -0.2) is 0 Å². The Hall–Kier alpha value is -1.93. The number of Topliss-reactive ketones (excluding diaryl/α,β-unsaturated/α-hetero) is 1. The fraction of sp³-hybridized carbons (Fsp3) is 0.200. The van der Waals surface area contributed by atoms with Gasteiger partial charge in [0.25, 0.3) is 5.69 Å². The van der Waals surface area contributed by atoms with Gasteiger partial charge in [0.05, 0.1) is 22.4 Å². The maximum atomic E-state index is 11.4. The number of hydrogen-bond acceptors (Lipinski definition) is 4.